The second-order valence-electron chi connectivity index (χ2n) is 27.7. The first kappa shape index (κ1) is 86.9. The number of phosphoric acid groups is 1. The molecule has 0 saturated heterocycles. The van der Waals surface area contributed by atoms with Crippen LogP contribution in [-0.2, 0) is 18.4 Å². The highest BCUT2D eigenvalue weighted by Crippen LogP contribution is 2.38. The number of aliphatic hydroxyl groups excluding tert-OH is 1. The van der Waals surface area contributed by atoms with Gasteiger partial charge in [-0.3, -0.25) is 9.36 Å². The van der Waals surface area contributed by atoms with E-state index in [9.17, 15) is 19.4 Å². The smallest absolute Gasteiger partial charge is 0.268 e. The molecule has 0 aliphatic rings. The highest BCUT2D eigenvalue weighted by atomic mass is 31.2. The number of rotatable bonds is 72. The molecule has 0 fully saturated rings. The Bertz CT molecular complexity index is 1680. The topological polar surface area (TPSA) is 108 Å². The van der Waals surface area contributed by atoms with Crippen molar-refractivity contribution in [3.05, 3.63) is 72.9 Å². The molecule has 0 radical (unpaired) electrons. The lowest BCUT2D eigenvalue weighted by Gasteiger charge is -2.30. The lowest BCUT2D eigenvalue weighted by atomic mass is 10.0. The molecule has 0 aromatic heterocycles. The Hall–Kier alpha value is -2.06. The van der Waals surface area contributed by atoms with Crippen LogP contribution in [-0.4, -0.2) is 68.5 Å². The van der Waals surface area contributed by atoms with Gasteiger partial charge in [-0.2, -0.15) is 0 Å². The molecule has 3 unspecified atom stereocenters. The van der Waals surface area contributed by atoms with Gasteiger partial charge in [0.2, 0.25) is 5.91 Å². The first-order chi connectivity index (χ1) is 43.5. The van der Waals surface area contributed by atoms with Gasteiger partial charge in [0.15, 0.2) is 0 Å². The van der Waals surface area contributed by atoms with Gasteiger partial charge in [0.25, 0.3) is 7.82 Å². The predicted molar refractivity (Wildman–Crippen MR) is 390 cm³/mol. The Labute approximate surface area is 554 Å². The molecule has 0 bridgehead atoms. The van der Waals surface area contributed by atoms with Crippen LogP contribution in [0.5, 0.6) is 0 Å². The summed E-state index contributed by atoms with van der Waals surface area (Å²) in [6, 6.07) is -0.805. The minimum atomic E-state index is -4.59. The Morgan fingerprint density at radius 2 is 0.685 bits per heavy atom. The summed E-state index contributed by atoms with van der Waals surface area (Å²) in [6.45, 7) is 4.66. The normalized spacial score (nSPS) is 13.9. The van der Waals surface area contributed by atoms with Gasteiger partial charge in [-0.1, -0.05) is 382 Å². The second-order valence-corrected chi connectivity index (χ2v) is 29.1. The number of nitrogens with zero attached hydrogens (tertiary/aromatic N) is 1. The van der Waals surface area contributed by atoms with E-state index in [1.807, 2.05) is 21.1 Å². The second kappa shape index (κ2) is 70.3. The van der Waals surface area contributed by atoms with Gasteiger partial charge >= 0.3 is 0 Å². The standard InChI is InChI=1S/C80H151N2O6P/c1-6-8-10-12-14-16-18-20-22-24-26-28-30-32-34-36-38-40-41-42-44-46-48-50-52-54-56-58-60-62-64-66-68-70-72-74-80(84)81-78(77-88-89(85,86)87-76-75-82(3,4)5)79(83)73-71-69-67-65-63-61-59-57-55-53-51-49-47-45-43-39-37-35-33-31-29-27-25-23-21-19-17-15-13-11-9-7-2/h8,10,14,16,20,22,26,28,32,34,38,40,78-79,83H,6-7,9,11-13,15,17-19,21,23-25,27,29-31,33,35-37,39,41-77H2,1-5H3,(H-,81,84,85,86)/b10-8-,16-14-,22-20-,28-26-,34-32-,40-38-. The van der Waals surface area contributed by atoms with Gasteiger partial charge in [0.1, 0.15) is 13.2 Å². The van der Waals surface area contributed by atoms with Crippen LogP contribution >= 0.6 is 7.82 Å². The van der Waals surface area contributed by atoms with Crippen molar-refractivity contribution in [2.75, 3.05) is 40.9 Å². The number of hydrogen-bond acceptors (Lipinski definition) is 6. The summed E-state index contributed by atoms with van der Waals surface area (Å²) < 4.78 is 23.6. The maximum atomic E-state index is 13.1. The van der Waals surface area contributed by atoms with Gasteiger partial charge in [-0.05, 0) is 64.2 Å². The van der Waals surface area contributed by atoms with E-state index in [0.717, 1.165) is 77.0 Å². The summed E-state index contributed by atoms with van der Waals surface area (Å²) in [5, 5.41) is 14.1. The van der Waals surface area contributed by atoms with Crippen molar-refractivity contribution in [1.29, 1.82) is 0 Å². The number of allylic oxidation sites excluding steroid dienone is 12. The molecule has 8 nitrogen and oxygen atoms in total. The Balaban J connectivity index is 3.97. The fourth-order valence-electron chi connectivity index (χ4n) is 11.8. The number of nitrogens with one attached hydrogen (secondary N) is 1. The number of likely N-dealkylation sites (N-methyl/N-ethyl adjacent to an activating group) is 1. The molecule has 0 aliphatic heterocycles. The van der Waals surface area contributed by atoms with Crippen LogP contribution < -0.4 is 10.2 Å². The molecular formula is C80H151N2O6P. The third-order valence-corrected chi connectivity index (χ3v) is 18.7. The zero-order valence-electron chi connectivity index (χ0n) is 59.9. The van der Waals surface area contributed by atoms with Crippen molar-refractivity contribution in [3.8, 4) is 0 Å². The molecule has 1 amide bonds. The molecule has 0 aliphatic carbocycles. The summed E-state index contributed by atoms with van der Waals surface area (Å²) in [5.41, 5.74) is 0. The van der Waals surface area contributed by atoms with Gasteiger partial charge in [0.05, 0.1) is 39.9 Å². The first-order valence-corrected chi connectivity index (χ1v) is 40.2. The van der Waals surface area contributed by atoms with Crippen LogP contribution in [0.2, 0.25) is 0 Å². The van der Waals surface area contributed by atoms with Crippen LogP contribution in [0.15, 0.2) is 72.9 Å². The quantitative estimate of drug-likeness (QED) is 0.0272. The highest BCUT2D eigenvalue weighted by Gasteiger charge is 2.24. The van der Waals surface area contributed by atoms with Gasteiger partial charge in [-0.15, -0.1) is 0 Å². The van der Waals surface area contributed by atoms with Gasteiger partial charge in [0, 0.05) is 6.42 Å². The van der Waals surface area contributed by atoms with Crippen LogP contribution in [0.1, 0.15) is 380 Å². The number of carbonyl (C=O) groups excluding carboxylic acids is 1. The molecule has 0 rings (SSSR count). The third-order valence-electron chi connectivity index (χ3n) is 17.7. The molecule has 89 heavy (non-hydrogen) atoms. The van der Waals surface area contributed by atoms with E-state index in [4.69, 9.17) is 9.05 Å². The molecule has 522 valence electrons. The lowest BCUT2D eigenvalue weighted by Crippen LogP contribution is -2.46. The van der Waals surface area contributed by atoms with E-state index in [1.165, 1.54) is 276 Å². The number of unbranched alkanes of at least 4 members (excludes halogenated alkanes) is 47. The van der Waals surface area contributed by atoms with E-state index in [0.29, 0.717) is 23.9 Å². The van der Waals surface area contributed by atoms with Crippen LogP contribution in [0.3, 0.4) is 0 Å². The van der Waals surface area contributed by atoms with Crippen LogP contribution in [0.25, 0.3) is 0 Å². The molecule has 0 spiro atoms. The number of quaternary nitrogens is 1. The van der Waals surface area contributed by atoms with Crippen molar-refractivity contribution in [2.45, 2.75) is 392 Å². The molecule has 3 atom stereocenters. The van der Waals surface area contributed by atoms with E-state index in [1.54, 1.807) is 0 Å². The average molecular weight is 1270 g/mol. The number of aliphatic hydroxyl groups is 1. The van der Waals surface area contributed by atoms with Crippen LogP contribution in [0, 0.1) is 0 Å². The number of phosphoric ester groups is 1. The molecule has 2 N–H and O–H groups in total. The molecule has 0 heterocycles. The Morgan fingerprint density at radius 1 is 0.404 bits per heavy atom. The van der Waals surface area contributed by atoms with Crippen molar-refractivity contribution in [2.24, 2.45) is 0 Å². The third kappa shape index (κ3) is 73.2. The van der Waals surface area contributed by atoms with E-state index < -0.39 is 20.0 Å². The predicted octanol–water partition coefficient (Wildman–Crippen LogP) is 24.7. The maximum Gasteiger partial charge on any atom is 0.268 e. The number of amides is 1. The van der Waals surface area contributed by atoms with Crippen molar-refractivity contribution >= 4 is 13.7 Å². The zero-order valence-corrected chi connectivity index (χ0v) is 60.8. The molecular weight excluding hydrogens is 1120 g/mol. The largest absolute Gasteiger partial charge is 0.756 e. The highest BCUT2D eigenvalue weighted by molar-refractivity contribution is 7.45. The molecule has 0 aromatic carbocycles. The van der Waals surface area contributed by atoms with E-state index in [2.05, 4.69) is 92.1 Å². The van der Waals surface area contributed by atoms with Gasteiger partial charge in [-0.25, -0.2) is 0 Å². The monoisotopic (exact) mass is 1270 g/mol. The summed E-state index contributed by atoms with van der Waals surface area (Å²) in [6.07, 6.45) is 98.7. The van der Waals surface area contributed by atoms with E-state index in [-0.39, 0.29) is 19.1 Å². The van der Waals surface area contributed by atoms with Gasteiger partial charge < -0.3 is 28.8 Å². The Kier molecular flexibility index (Phi) is 68.6. The van der Waals surface area contributed by atoms with Crippen molar-refractivity contribution < 1.29 is 32.9 Å². The maximum absolute atomic E-state index is 13.1. The van der Waals surface area contributed by atoms with Crippen LogP contribution in [0.4, 0.5) is 0 Å². The van der Waals surface area contributed by atoms with Crippen molar-refractivity contribution in [3.63, 3.8) is 0 Å². The SMILES string of the molecule is CC/C=C\C/C=C\C/C=C\C/C=C\C/C=C\C/C=C\CCCCCCCCCCCCCCCCCCC(=O)NC(COP(=O)([O-])OCC[N+](C)(C)C)C(O)CCCCCCCCCCCCCCCCCCCCCCCCCCCCCCCCCC. The minimum absolute atomic E-state index is 0.0119. The zero-order chi connectivity index (χ0) is 64.8. The summed E-state index contributed by atoms with van der Waals surface area (Å²) in [4.78, 5) is 25.7. The Morgan fingerprint density at radius 3 is 1.00 bits per heavy atom. The summed E-state index contributed by atoms with van der Waals surface area (Å²) in [7, 11) is 1.32. The van der Waals surface area contributed by atoms with E-state index >= 15 is 0 Å². The number of hydrogen-bond donors (Lipinski definition) is 2. The first-order valence-electron chi connectivity index (χ1n) is 38.8. The molecule has 0 aromatic rings. The fraction of sp³-hybridized carbons (Fsp3) is 0.838. The summed E-state index contributed by atoms with van der Waals surface area (Å²) in [5.74, 6) is -0.160. The molecule has 0 saturated carbocycles. The lowest BCUT2D eigenvalue weighted by molar-refractivity contribution is -0.870. The number of carbonyl (C=O) groups is 1. The minimum Gasteiger partial charge on any atom is -0.756 e. The summed E-state index contributed by atoms with van der Waals surface area (Å²) >= 11 is 0. The molecule has 9 heteroatoms. The average Bonchev–Trinajstić information content (AvgIpc) is 3.64. The van der Waals surface area contributed by atoms with Crippen molar-refractivity contribution in [1.82, 2.24) is 5.32 Å². The fourth-order valence-corrected chi connectivity index (χ4v) is 12.5.